The molecule has 6 nitrogen and oxygen atoms in total. The Bertz CT molecular complexity index is 813. The van der Waals surface area contributed by atoms with E-state index < -0.39 is 5.82 Å². The zero-order valence-corrected chi connectivity index (χ0v) is 16.0. The summed E-state index contributed by atoms with van der Waals surface area (Å²) in [6, 6.07) is 4.14. The Kier molecular flexibility index (Phi) is 6.11. The van der Waals surface area contributed by atoms with Crippen LogP contribution in [0.15, 0.2) is 18.2 Å². The first kappa shape index (κ1) is 19.4. The maximum Gasteiger partial charge on any atom is 0.224 e. The molecule has 0 spiro atoms. The van der Waals surface area contributed by atoms with E-state index >= 15 is 0 Å². The van der Waals surface area contributed by atoms with Crippen LogP contribution in [0, 0.1) is 19.7 Å². The van der Waals surface area contributed by atoms with Crippen molar-refractivity contribution in [1.29, 1.82) is 0 Å². The van der Waals surface area contributed by atoms with Gasteiger partial charge in [-0.3, -0.25) is 9.48 Å². The van der Waals surface area contributed by atoms with Crippen LogP contribution in [0.25, 0.3) is 0 Å². The third-order valence-corrected chi connectivity index (χ3v) is 4.93. The number of carbonyl (C=O) groups excluding carboxylic acids is 1. The highest BCUT2D eigenvalue weighted by molar-refractivity contribution is 5.92. The first-order valence-corrected chi connectivity index (χ1v) is 9.27. The standard InChI is InChI=1S/C20H26FN3O3/c1-13-17(14(2)24(3)23-13)7-9-20(25)22-18-11-15(21)6-8-19(18)27-12-16-5-4-10-26-16/h6,8,11,16H,4-5,7,9-10,12H2,1-3H3,(H,22,25). The molecule has 1 aliphatic heterocycles. The SMILES string of the molecule is Cc1nn(C)c(C)c1CCC(=O)Nc1cc(F)ccc1OCC1CCCO1. The summed E-state index contributed by atoms with van der Waals surface area (Å²) in [7, 11) is 1.89. The van der Waals surface area contributed by atoms with Crippen molar-refractivity contribution in [3.05, 3.63) is 41.0 Å². The van der Waals surface area contributed by atoms with Crippen molar-refractivity contribution >= 4 is 11.6 Å². The molecule has 1 amide bonds. The van der Waals surface area contributed by atoms with Gasteiger partial charge in [0.1, 0.15) is 18.2 Å². The normalized spacial score (nSPS) is 16.5. The number of aryl methyl sites for hydroxylation is 2. The van der Waals surface area contributed by atoms with E-state index in [0.717, 1.165) is 36.4 Å². The molecule has 7 heteroatoms. The molecule has 2 heterocycles. The van der Waals surface area contributed by atoms with Gasteiger partial charge in [-0.15, -0.1) is 0 Å². The number of nitrogens with zero attached hydrogens (tertiary/aromatic N) is 2. The fourth-order valence-electron chi connectivity index (χ4n) is 3.31. The summed E-state index contributed by atoms with van der Waals surface area (Å²) < 4.78 is 26.8. The van der Waals surface area contributed by atoms with E-state index in [-0.39, 0.29) is 18.4 Å². The summed E-state index contributed by atoms with van der Waals surface area (Å²) >= 11 is 0. The van der Waals surface area contributed by atoms with Gasteiger partial charge in [-0.1, -0.05) is 0 Å². The van der Waals surface area contributed by atoms with Crippen LogP contribution < -0.4 is 10.1 Å². The van der Waals surface area contributed by atoms with E-state index in [9.17, 15) is 9.18 Å². The van der Waals surface area contributed by atoms with Crippen molar-refractivity contribution in [3.63, 3.8) is 0 Å². The molecule has 0 saturated carbocycles. The zero-order chi connectivity index (χ0) is 19.4. The predicted molar refractivity (Wildman–Crippen MR) is 101 cm³/mol. The Labute approximate surface area is 158 Å². The maximum atomic E-state index is 13.7. The van der Waals surface area contributed by atoms with E-state index in [1.54, 1.807) is 0 Å². The lowest BCUT2D eigenvalue weighted by molar-refractivity contribution is -0.116. The minimum atomic E-state index is -0.422. The molecule has 1 unspecified atom stereocenters. The van der Waals surface area contributed by atoms with Crippen LogP contribution in [0.3, 0.4) is 0 Å². The molecule has 1 N–H and O–H groups in total. The molecular weight excluding hydrogens is 349 g/mol. The maximum absolute atomic E-state index is 13.7. The molecule has 1 saturated heterocycles. The Hall–Kier alpha value is -2.41. The summed E-state index contributed by atoms with van der Waals surface area (Å²) in [6.07, 6.45) is 2.89. The predicted octanol–water partition coefficient (Wildman–Crippen LogP) is 3.31. The highest BCUT2D eigenvalue weighted by Gasteiger charge is 2.18. The van der Waals surface area contributed by atoms with Crippen LogP contribution in [0.1, 0.15) is 36.2 Å². The molecule has 1 aromatic heterocycles. The number of nitrogens with one attached hydrogen (secondary N) is 1. The number of anilines is 1. The van der Waals surface area contributed by atoms with Crippen molar-refractivity contribution in [2.75, 3.05) is 18.5 Å². The van der Waals surface area contributed by atoms with Crippen LogP contribution in [0.2, 0.25) is 0 Å². The Morgan fingerprint density at radius 3 is 2.93 bits per heavy atom. The van der Waals surface area contributed by atoms with Crippen molar-refractivity contribution in [2.45, 2.75) is 45.6 Å². The number of ether oxygens (including phenoxy) is 2. The molecule has 1 aliphatic rings. The van der Waals surface area contributed by atoms with Gasteiger partial charge in [0.2, 0.25) is 5.91 Å². The first-order chi connectivity index (χ1) is 12.9. The third kappa shape index (κ3) is 4.86. The minimum absolute atomic E-state index is 0.0511. The van der Waals surface area contributed by atoms with Crippen molar-refractivity contribution in [3.8, 4) is 5.75 Å². The van der Waals surface area contributed by atoms with Crippen LogP contribution in [0.4, 0.5) is 10.1 Å². The summed E-state index contributed by atoms with van der Waals surface area (Å²) in [5, 5.41) is 7.13. The third-order valence-electron chi connectivity index (χ3n) is 4.93. The molecule has 1 atom stereocenters. The van der Waals surface area contributed by atoms with Crippen LogP contribution in [-0.4, -0.2) is 35.0 Å². The average Bonchev–Trinajstić information content (AvgIpc) is 3.22. The van der Waals surface area contributed by atoms with Gasteiger partial charge in [-0.2, -0.15) is 5.10 Å². The number of benzene rings is 1. The molecule has 0 bridgehead atoms. The van der Waals surface area contributed by atoms with E-state index in [2.05, 4.69) is 10.4 Å². The Balaban J connectivity index is 1.61. The van der Waals surface area contributed by atoms with Gasteiger partial charge >= 0.3 is 0 Å². The van der Waals surface area contributed by atoms with E-state index in [1.165, 1.54) is 18.2 Å². The van der Waals surface area contributed by atoms with Gasteiger partial charge < -0.3 is 14.8 Å². The van der Waals surface area contributed by atoms with Gasteiger partial charge in [0.05, 0.1) is 17.5 Å². The van der Waals surface area contributed by atoms with E-state index in [4.69, 9.17) is 9.47 Å². The number of hydrogen-bond acceptors (Lipinski definition) is 4. The summed E-state index contributed by atoms with van der Waals surface area (Å²) in [6.45, 7) is 5.05. The van der Waals surface area contributed by atoms with E-state index in [1.807, 2.05) is 25.6 Å². The number of amides is 1. The lowest BCUT2D eigenvalue weighted by Gasteiger charge is -2.15. The largest absolute Gasteiger partial charge is 0.489 e. The molecule has 1 aromatic carbocycles. The Morgan fingerprint density at radius 1 is 1.44 bits per heavy atom. The molecule has 1 fully saturated rings. The van der Waals surface area contributed by atoms with Gasteiger partial charge in [-0.25, -0.2) is 4.39 Å². The van der Waals surface area contributed by atoms with Gasteiger partial charge in [0, 0.05) is 31.8 Å². The fourth-order valence-corrected chi connectivity index (χ4v) is 3.31. The van der Waals surface area contributed by atoms with Gasteiger partial charge in [-0.05, 0) is 50.8 Å². The first-order valence-electron chi connectivity index (χ1n) is 9.27. The van der Waals surface area contributed by atoms with Crippen LogP contribution >= 0.6 is 0 Å². The average molecular weight is 375 g/mol. The van der Waals surface area contributed by atoms with Crippen LogP contribution in [0.5, 0.6) is 5.75 Å². The molecule has 2 aromatic rings. The zero-order valence-electron chi connectivity index (χ0n) is 16.0. The summed E-state index contributed by atoms with van der Waals surface area (Å²) in [5.74, 6) is -0.159. The number of rotatable bonds is 7. The number of aromatic nitrogens is 2. The van der Waals surface area contributed by atoms with Crippen LogP contribution in [-0.2, 0) is 23.0 Å². The molecule has 146 valence electrons. The van der Waals surface area contributed by atoms with Gasteiger partial charge in [0.15, 0.2) is 0 Å². The number of halogens is 1. The second-order valence-electron chi connectivity index (χ2n) is 6.91. The fraction of sp³-hybridized carbons (Fsp3) is 0.500. The smallest absolute Gasteiger partial charge is 0.224 e. The molecular formula is C20H26FN3O3. The van der Waals surface area contributed by atoms with Crippen molar-refractivity contribution < 1.29 is 18.7 Å². The topological polar surface area (TPSA) is 65.4 Å². The highest BCUT2D eigenvalue weighted by atomic mass is 19.1. The lowest BCUT2D eigenvalue weighted by atomic mass is 10.1. The second kappa shape index (κ2) is 8.52. The molecule has 0 aliphatic carbocycles. The quantitative estimate of drug-likeness (QED) is 0.806. The molecule has 27 heavy (non-hydrogen) atoms. The summed E-state index contributed by atoms with van der Waals surface area (Å²) in [4.78, 5) is 12.4. The Morgan fingerprint density at radius 2 is 2.26 bits per heavy atom. The van der Waals surface area contributed by atoms with Gasteiger partial charge in [0.25, 0.3) is 0 Å². The second-order valence-corrected chi connectivity index (χ2v) is 6.91. The van der Waals surface area contributed by atoms with Crippen molar-refractivity contribution in [1.82, 2.24) is 9.78 Å². The van der Waals surface area contributed by atoms with Crippen molar-refractivity contribution in [2.24, 2.45) is 7.05 Å². The molecule has 0 radical (unpaired) electrons. The monoisotopic (exact) mass is 375 g/mol. The lowest BCUT2D eigenvalue weighted by Crippen LogP contribution is -2.18. The number of carbonyl (C=O) groups is 1. The van der Waals surface area contributed by atoms with E-state index in [0.29, 0.717) is 24.5 Å². The minimum Gasteiger partial charge on any atom is -0.489 e. The number of hydrogen-bond donors (Lipinski definition) is 1. The molecule has 3 rings (SSSR count). The summed E-state index contributed by atoms with van der Waals surface area (Å²) in [5.41, 5.74) is 3.39. The highest BCUT2D eigenvalue weighted by Crippen LogP contribution is 2.27.